The van der Waals surface area contributed by atoms with Crippen LogP contribution >= 0.6 is 11.6 Å². The number of halogens is 1. The standard InChI is InChI=1S/C13H18ClN5/c1-9-13(14)12(19(2)18-9)8-11(17-15)7-10-5-3-4-6-16-10/h3-6,11,17H,7-8,15H2,1-2H3. The Balaban J connectivity index is 2.11. The minimum absolute atomic E-state index is 0.0715. The van der Waals surface area contributed by atoms with Crippen LogP contribution in [0.4, 0.5) is 0 Å². The van der Waals surface area contributed by atoms with E-state index >= 15 is 0 Å². The molecule has 0 spiro atoms. The molecule has 0 aliphatic heterocycles. The highest BCUT2D eigenvalue weighted by atomic mass is 35.5. The maximum Gasteiger partial charge on any atom is 0.0847 e. The zero-order chi connectivity index (χ0) is 13.8. The summed E-state index contributed by atoms with van der Waals surface area (Å²) in [7, 11) is 1.89. The van der Waals surface area contributed by atoms with Crippen LogP contribution < -0.4 is 11.3 Å². The van der Waals surface area contributed by atoms with Crippen LogP contribution in [0.25, 0.3) is 0 Å². The Bertz CT molecular complexity index is 537. The van der Waals surface area contributed by atoms with Crippen molar-refractivity contribution in [1.82, 2.24) is 20.2 Å². The van der Waals surface area contributed by atoms with Gasteiger partial charge < -0.3 is 0 Å². The van der Waals surface area contributed by atoms with E-state index < -0.39 is 0 Å². The zero-order valence-corrected chi connectivity index (χ0v) is 11.9. The van der Waals surface area contributed by atoms with Crippen molar-refractivity contribution in [1.29, 1.82) is 0 Å². The normalized spacial score (nSPS) is 12.6. The Morgan fingerprint density at radius 3 is 2.74 bits per heavy atom. The van der Waals surface area contributed by atoms with Crippen molar-refractivity contribution >= 4 is 11.6 Å². The molecule has 2 aromatic heterocycles. The predicted molar refractivity (Wildman–Crippen MR) is 75.7 cm³/mol. The van der Waals surface area contributed by atoms with Gasteiger partial charge in [0.05, 0.1) is 16.4 Å². The highest BCUT2D eigenvalue weighted by Crippen LogP contribution is 2.21. The average Bonchev–Trinajstić information content (AvgIpc) is 2.65. The Morgan fingerprint density at radius 2 is 2.21 bits per heavy atom. The van der Waals surface area contributed by atoms with E-state index in [2.05, 4.69) is 15.5 Å². The molecule has 19 heavy (non-hydrogen) atoms. The maximum absolute atomic E-state index is 6.25. The molecular weight excluding hydrogens is 262 g/mol. The molecular formula is C13H18ClN5. The zero-order valence-electron chi connectivity index (χ0n) is 11.1. The lowest BCUT2D eigenvalue weighted by Gasteiger charge is -2.15. The Morgan fingerprint density at radius 1 is 1.42 bits per heavy atom. The van der Waals surface area contributed by atoms with Crippen molar-refractivity contribution in [3.05, 3.63) is 46.5 Å². The molecule has 3 N–H and O–H groups in total. The fourth-order valence-electron chi connectivity index (χ4n) is 2.10. The number of aromatic nitrogens is 3. The minimum Gasteiger partial charge on any atom is -0.271 e. The topological polar surface area (TPSA) is 68.8 Å². The molecule has 1 unspecified atom stereocenters. The third-order valence-corrected chi connectivity index (χ3v) is 3.61. The van der Waals surface area contributed by atoms with Gasteiger partial charge in [-0.15, -0.1) is 0 Å². The molecule has 2 rings (SSSR count). The van der Waals surface area contributed by atoms with Gasteiger partial charge in [0.25, 0.3) is 0 Å². The molecule has 102 valence electrons. The van der Waals surface area contributed by atoms with Gasteiger partial charge in [0.2, 0.25) is 0 Å². The lowest BCUT2D eigenvalue weighted by atomic mass is 10.1. The summed E-state index contributed by atoms with van der Waals surface area (Å²) in [6, 6.07) is 5.93. The summed E-state index contributed by atoms with van der Waals surface area (Å²) < 4.78 is 1.81. The number of rotatable bonds is 5. The highest BCUT2D eigenvalue weighted by Gasteiger charge is 2.17. The van der Waals surface area contributed by atoms with E-state index in [4.69, 9.17) is 17.4 Å². The summed E-state index contributed by atoms with van der Waals surface area (Å²) in [4.78, 5) is 4.31. The summed E-state index contributed by atoms with van der Waals surface area (Å²) in [5, 5.41) is 5.02. The van der Waals surface area contributed by atoms with Crippen LogP contribution in [0.15, 0.2) is 24.4 Å². The van der Waals surface area contributed by atoms with Gasteiger partial charge in [-0.3, -0.25) is 20.9 Å². The van der Waals surface area contributed by atoms with Crippen molar-refractivity contribution in [3.63, 3.8) is 0 Å². The molecule has 2 heterocycles. The van der Waals surface area contributed by atoms with E-state index in [0.29, 0.717) is 11.4 Å². The van der Waals surface area contributed by atoms with Crippen molar-refractivity contribution in [3.8, 4) is 0 Å². The SMILES string of the molecule is Cc1nn(C)c(CC(Cc2ccccn2)NN)c1Cl. The second-order valence-electron chi connectivity index (χ2n) is 4.56. The summed E-state index contributed by atoms with van der Waals surface area (Å²) >= 11 is 6.25. The fourth-order valence-corrected chi connectivity index (χ4v) is 2.33. The number of nitrogens with zero attached hydrogens (tertiary/aromatic N) is 3. The first kappa shape index (κ1) is 14.0. The van der Waals surface area contributed by atoms with E-state index in [9.17, 15) is 0 Å². The number of aryl methyl sites for hydroxylation is 2. The van der Waals surface area contributed by atoms with Crippen LogP contribution in [-0.4, -0.2) is 20.8 Å². The van der Waals surface area contributed by atoms with Crippen LogP contribution in [-0.2, 0) is 19.9 Å². The molecule has 0 saturated heterocycles. The first-order chi connectivity index (χ1) is 9.11. The second kappa shape index (κ2) is 6.14. The third kappa shape index (κ3) is 3.32. The number of nitrogens with two attached hydrogens (primary N) is 1. The molecule has 0 aliphatic carbocycles. The van der Waals surface area contributed by atoms with Crippen LogP contribution in [0.1, 0.15) is 17.1 Å². The molecule has 2 aromatic rings. The largest absolute Gasteiger partial charge is 0.271 e. The van der Waals surface area contributed by atoms with E-state index in [1.165, 1.54) is 0 Å². The summed E-state index contributed by atoms with van der Waals surface area (Å²) in [5.41, 5.74) is 5.65. The molecule has 0 bridgehead atoms. The Labute approximate surface area is 117 Å². The number of pyridine rings is 1. The minimum atomic E-state index is 0.0715. The highest BCUT2D eigenvalue weighted by molar-refractivity contribution is 6.31. The quantitative estimate of drug-likeness (QED) is 0.641. The van der Waals surface area contributed by atoms with Gasteiger partial charge in [-0.1, -0.05) is 17.7 Å². The summed E-state index contributed by atoms with van der Waals surface area (Å²) in [6.07, 6.45) is 3.24. The molecule has 0 fully saturated rings. The van der Waals surface area contributed by atoms with Gasteiger partial charge >= 0.3 is 0 Å². The summed E-state index contributed by atoms with van der Waals surface area (Å²) in [6.45, 7) is 1.90. The third-order valence-electron chi connectivity index (χ3n) is 3.12. The number of hydrogen-bond acceptors (Lipinski definition) is 4. The van der Waals surface area contributed by atoms with Gasteiger partial charge in [-0.2, -0.15) is 5.10 Å². The van der Waals surface area contributed by atoms with E-state index in [0.717, 1.165) is 23.5 Å². The average molecular weight is 280 g/mol. The molecule has 0 saturated carbocycles. The van der Waals surface area contributed by atoms with E-state index in [1.54, 1.807) is 10.9 Å². The van der Waals surface area contributed by atoms with Crippen molar-refractivity contribution < 1.29 is 0 Å². The van der Waals surface area contributed by atoms with Crippen molar-refractivity contribution in [2.45, 2.75) is 25.8 Å². The number of hydrazine groups is 1. The van der Waals surface area contributed by atoms with E-state index in [-0.39, 0.29) is 6.04 Å². The molecule has 0 radical (unpaired) electrons. The Hall–Kier alpha value is -1.43. The monoisotopic (exact) mass is 279 g/mol. The van der Waals surface area contributed by atoms with Crippen LogP contribution in [0.5, 0.6) is 0 Å². The molecule has 6 heteroatoms. The van der Waals surface area contributed by atoms with Gasteiger partial charge in [0, 0.05) is 37.8 Å². The van der Waals surface area contributed by atoms with Crippen molar-refractivity contribution in [2.75, 3.05) is 0 Å². The molecule has 0 aliphatic rings. The smallest absolute Gasteiger partial charge is 0.0847 e. The van der Waals surface area contributed by atoms with Crippen LogP contribution in [0, 0.1) is 6.92 Å². The van der Waals surface area contributed by atoms with Gasteiger partial charge in [0.15, 0.2) is 0 Å². The number of hydrogen-bond donors (Lipinski definition) is 2. The van der Waals surface area contributed by atoms with Gasteiger partial charge in [-0.05, 0) is 19.1 Å². The first-order valence-corrected chi connectivity index (χ1v) is 6.53. The van der Waals surface area contributed by atoms with E-state index in [1.807, 2.05) is 32.2 Å². The lowest BCUT2D eigenvalue weighted by molar-refractivity contribution is 0.501. The maximum atomic E-state index is 6.25. The lowest BCUT2D eigenvalue weighted by Crippen LogP contribution is -2.39. The van der Waals surface area contributed by atoms with Crippen LogP contribution in [0.3, 0.4) is 0 Å². The molecule has 0 aromatic carbocycles. The first-order valence-electron chi connectivity index (χ1n) is 6.15. The van der Waals surface area contributed by atoms with Crippen molar-refractivity contribution in [2.24, 2.45) is 12.9 Å². The second-order valence-corrected chi connectivity index (χ2v) is 4.94. The number of nitrogens with one attached hydrogen (secondary N) is 1. The molecule has 0 amide bonds. The Kier molecular flexibility index (Phi) is 4.52. The molecule has 1 atom stereocenters. The predicted octanol–water partition coefficient (Wildman–Crippen LogP) is 1.39. The molecule has 5 nitrogen and oxygen atoms in total. The van der Waals surface area contributed by atoms with Crippen LogP contribution in [0.2, 0.25) is 5.02 Å². The van der Waals surface area contributed by atoms with Gasteiger partial charge in [0.1, 0.15) is 0 Å². The fraction of sp³-hybridized carbons (Fsp3) is 0.385. The summed E-state index contributed by atoms with van der Waals surface area (Å²) in [5.74, 6) is 5.62. The van der Waals surface area contributed by atoms with Gasteiger partial charge in [-0.25, -0.2) is 0 Å².